The van der Waals surface area contributed by atoms with Crippen LogP contribution in [0.15, 0.2) is 30.3 Å². The Hall–Kier alpha value is -1.35. The summed E-state index contributed by atoms with van der Waals surface area (Å²) in [5.74, 6) is 0.178. The van der Waals surface area contributed by atoms with E-state index >= 15 is 0 Å². The topological polar surface area (TPSA) is 46.3 Å². The van der Waals surface area contributed by atoms with Crippen molar-refractivity contribution in [2.75, 3.05) is 13.1 Å². The van der Waals surface area contributed by atoms with Crippen LogP contribution < -0.4 is 5.73 Å². The van der Waals surface area contributed by atoms with Crippen LogP contribution in [0.3, 0.4) is 0 Å². The lowest BCUT2D eigenvalue weighted by atomic mass is 9.89. The van der Waals surface area contributed by atoms with Crippen LogP contribution in [0.25, 0.3) is 0 Å². The molecule has 2 N–H and O–H groups in total. The first-order valence-corrected chi connectivity index (χ1v) is 6.50. The van der Waals surface area contributed by atoms with Crippen molar-refractivity contribution in [3.63, 3.8) is 0 Å². The second-order valence-corrected chi connectivity index (χ2v) is 5.44. The lowest BCUT2D eigenvalue weighted by Gasteiger charge is -2.27. The van der Waals surface area contributed by atoms with Crippen LogP contribution in [0, 0.1) is 5.41 Å². The molecule has 0 unspecified atom stereocenters. The molecule has 0 aliphatic rings. The Balaban J connectivity index is 2.64. The summed E-state index contributed by atoms with van der Waals surface area (Å²) in [6.07, 6.45) is 0.504. The van der Waals surface area contributed by atoms with Gasteiger partial charge >= 0.3 is 0 Å². The summed E-state index contributed by atoms with van der Waals surface area (Å²) < 4.78 is 0. The van der Waals surface area contributed by atoms with Crippen molar-refractivity contribution in [3.8, 4) is 0 Å². The number of carbonyl (C=O) groups excluding carboxylic acids is 1. The van der Waals surface area contributed by atoms with Crippen molar-refractivity contribution < 1.29 is 4.79 Å². The Morgan fingerprint density at radius 2 is 1.89 bits per heavy atom. The highest BCUT2D eigenvalue weighted by Crippen LogP contribution is 2.20. The SMILES string of the molecule is CCN(Cc1ccccc1)C(=O)CC(C)(C)CN. The molecule has 100 valence electrons. The van der Waals surface area contributed by atoms with E-state index in [9.17, 15) is 4.79 Å². The second kappa shape index (κ2) is 6.55. The standard InChI is InChI=1S/C15H24N2O/c1-4-17(11-13-8-6-5-7-9-13)14(18)10-15(2,3)12-16/h5-9H,4,10-12,16H2,1-3H3. The van der Waals surface area contributed by atoms with Gasteiger partial charge in [-0.25, -0.2) is 0 Å². The minimum absolute atomic E-state index is 0.124. The smallest absolute Gasteiger partial charge is 0.223 e. The van der Waals surface area contributed by atoms with Crippen LogP contribution in [0.1, 0.15) is 32.8 Å². The van der Waals surface area contributed by atoms with E-state index in [2.05, 4.69) is 0 Å². The van der Waals surface area contributed by atoms with Gasteiger partial charge in [-0.2, -0.15) is 0 Å². The molecule has 1 aromatic carbocycles. The normalized spacial score (nSPS) is 11.3. The van der Waals surface area contributed by atoms with Gasteiger partial charge in [-0.05, 0) is 24.4 Å². The molecule has 3 nitrogen and oxygen atoms in total. The van der Waals surface area contributed by atoms with Crippen LogP contribution in [0.4, 0.5) is 0 Å². The van der Waals surface area contributed by atoms with E-state index in [0.29, 0.717) is 19.5 Å². The van der Waals surface area contributed by atoms with Gasteiger partial charge in [0.1, 0.15) is 0 Å². The van der Waals surface area contributed by atoms with Crippen molar-refractivity contribution >= 4 is 5.91 Å². The third kappa shape index (κ3) is 4.49. The third-order valence-corrected chi connectivity index (χ3v) is 3.13. The molecule has 3 heteroatoms. The minimum Gasteiger partial charge on any atom is -0.339 e. The summed E-state index contributed by atoms with van der Waals surface area (Å²) in [5, 5.41) is 0. The van der Waals surface area contributed by atoms with Crippen molar-refractivity contribution in [3.05, 3.63) is 35.9 Å². The van der Waals surface area contributed by atoms with E-state index in [1.165, 1.54) is 5.56 Å². The summed E-state index contributed by atoms with van der Waals surface area (Å²) in [5.41, 5.74) is 6.72. The molecule has 0 atom stereocenters. The predicted octanol–water partition coefficient (Wildman–Crippen LogP) is 2.41. The number of rotatable bonds is 6. The predicted molar refractivity (Wildman–Crippen MR) is 75.0 cm³/mol. The lowest BCUT2D eigenvalue weighted by molar-refractivity contribution is -0.133. The molecule has 0 aromatic heterocycles. The molecule has 1 amide bonds. The molecule has 0 fully saturated rings. The molecule has 0 saturated carbocycles. The quantitative estimate of drug-likeness (QED) is 0.840. The summed E-state index contributed by atoms with van der Waals surface area (Å²) in [6, 6.07) is 10.1. The molecule has 0 spiro atoms. The molecule has 0 saturated heterocycles. The van der Waals surface area contributed by atoms with Gasteiger partial charge in [0.25, 0.3) is 0 Å². The Labute approximate surface area is 110 Å². The molecular weight excluding hydrogens is 224 g/mol. The number of nitrogens with two attached hydrogens (primary N) is 1. The number of benzene rings is 1. The maximum Gasteiger partial charge on any atom is 0.223 e. The van der Waals surface area contributed by atoms with Gasteiger partial charge in [-0.15, -0.1) is 0 Å². The minimum atomic E-state index is -0.124. The van der Waals surface area contributed by atoms with Gasteiger partial charge in [0, 0.05) is 19.5 Å². The maximum atomic E-state index is 12.2. The average molecular weight is 248 g/mol. The Morgan fingerprint density at radius 1 is 1.28 bits per heavy atom. The zero-order valence-corrected chi connectivity index (χ0v) is 11.6. The number of carbonyl (C=O) groups is 1. The van der Waals surface area contributed by atoms with Crippen LogP contribution >= 0.6 is 0 Å². The zero-order chi connectivity index (χ0) is 13.6. The van der Waals surface area contributed by atoms with Gasteiger partial charge < -0.3 is 10.6 Å². The van der Waals surface area contributed by atoms with Crippen molar-refractivity contribution in [2.24, 2.45) is 11.1 Å². The highest BCUT2D eigenvalue weighted by Gasteiger charge is 2.23. The highest BCUT2D eigenvalue weighted by atomic mass is 16.2. The second-order valence-electron chi connectivity index (χ2n) is 5.44. The first kappa shape index (κ1) is 14.7. The first-order chi connectivity index (χ1) is 8.48. The Kier molecular flexibility index (Phi) is 5.35. The number of nitrogens with zero attached hydrogens (tertiary/aromatic N) is 1. The summed E-state index contributed by atoms with van der Waals surface area (Å²) >= 11 is 0. The number of hydrogen-bond donors (Lipinski definition) is 1. The van der Waals surface area contributed by atoms with E-state index in [4.69, 9.17) is 5.73 Å². The van der Waals surface area contributed by atoms with E-state index in [-0.39, 0.29) is 11.3 Å². The average Bonchev–Trinajstić information content (AvgIpc) is 2.36. The van der Waals surface area contributed by atoms with Crippen molar-refractivity contribution in [1.82, 2.24) is 4.90 Å². The van der Waals surface area contributed by atoms with Gasteiger partial charge in [-0.1, -0.05) is 44.2 Å². The van der Waals surface area contributed by atoms with Crippen LogP contribution in [-0.2, 0) is 11.3 Å². The largest absolute Gasteiger partial charge is 0.339 e. The summed E-state index contributed by atoms with van der Waals surface area (Å²) in [6.45, 7) is 8.01. The van der Waals surface area contributed by atoms with Crippen LogP contribution in [0.2, 0.25) is 0 Å². The summed E-state index contributed by atoms with van der Waals surface area (Å²) in [4.78, 5) is 14.1. The van der Waals surface area contributed by atoms with Crippen LogP contribution in [0.5, 0.6) is 0 Å². The van der Waals surface area contributed by atoms with Gasteiger partial charge in [-0.3, -0.25) is 4.79 Å². The van der Waals surface area contributed by atoms with E-state index in [1.54, 1.807) is 0 Å². The monoisotopic (exact) mass is 248 g/mol. The molecule has 0 aliphatic carbocycles. The molecular formula is C15H24N2O. The summed E-state index contributed by atoms with van der Waals surface area (Å²) in [7, 11) is 0. The fraction of sp³-hybridized carbons (Fsp3) is 0.533. The molecule has 0 radical (unpaired) electrons. The Morgan fingerprint density at radius 3 is 2.39 bits per heavy atom. The first-order valence-electron chi connectivity index (χ1n) is 6.50. The molecule has 0 bridgehead atoms. The van der Waals surface area contributed by atoms with Gasteiger partial charge in [0.15, 0.2) is 0 Å². The van der Waals surface area contributed by atoms with Crippen molar-refractivity contribution in [1.29, 1.82) is 0 Å². The molecule has 0 aliphatic heterocycles. The van der Waals surface area contributed by atoms with Crippen LogP contribution in [-0.4, -0.2) is 23.9 Å². The zero-order valence-electron chi connectivity index (χ0n) is 11.6. The number of hydrogen-bond acceptors (Lipinski definition) is 2. The fourth-order valence-electron chi connectivity index (χ4n) is 1.77. The fourth-order valence-corrected chi connectivity index (χ4v) is 1.77. The van der Waals surface area contributed by atoms with E-state index in [1.807, 2.05) is 56.0 Å². The van der Waals surface area contributed by atoms with E-state index in [0.717, 1.165) is 6.54 Å². The molecule has 1 rings (SSSR count). The highest BCUT2D eigenvalue weighted by molar-refractivity contribution is 5.76. The molecule has 1 aromatic rings. The molecule has 0 heterocycles. The van der Waals surface area contributed by atoms with Gasteiger partial charge in [0.05, 0.1) is 0 Å². The molecule has 18 heavy (non-hydrogen) atoms. The lowest BCUT2D eigenvalue weighted by Crippen LogP contribution is -2.36. The maximum absolute atomic E-state index is 12.2. The third-order valence-electron chi connectivity index (χ3n) is 3.13. The van der Waals surface area contributed by atoms with E-state index < -0.39 is 0 Å². The number of amides is 1. The Bertz CT molecular complexity index is 373. The van der Waals surface area contributed by atoms with Crippen molar-refractivity contribution in [2.45, 2.75) is 33.7 Å². The van der Waals surface area contributed by atoms with Gasteiger partial charge in [0.2, 0.25) is 5.91 Å².